The number of hydrogen-bond acceptors (Lipinski definition) is 3. The molecule has 3 heteroatoms. The topological polar surface area (TPSA) is 19.4 Å². The minimum Gasteiger partial charge on any atom is -0.299 e. The Kier molecular flexibility index (Phi) is 3.62. The second kappa shape index (κ2) is 5.37. The van der Waals surface area contributed by atoms with Crippen molar-refractivity contribution in [3.63, 3.8) is 0 Å². The van der Waals surface area contributed by atoms with Crippen molar-refractivity contribution in [2.75, 3.05) is 26.2 Å². The van der Waals surface area contributed by atoms with Gasteiger partial charge in [-0.3, -0.25) is 14.8 Å². The van der Waals surface area contributed by atoms with Crippen molar-refractivity contribution in [2.45, 2.75) is 38.3 Å². The highest BCUT2D eigenvalue weighted by Crippen LogP contribution is 2.26. The van der Waals surface area contributed by atoms with Crippen LogP contribution in [0, 0.1) is 0 Å². The number of fused-ring (bicyclic) bond motifs is 1. The van der Waals surface area contributed by atoms with E-state index in [1.165, 1.54) is 51.0 Å². The third-order valence-corrected chi connectivity index (χ3v) is 4.55. The molecule has 0 bridgehead atoms. The van der Waals surface area contributed by atoms with Crippen molar-refractivity contribution in [2.24, 2.45) is 0 Å². The van der Waals surface area contributed by atoms with E-state index >= 15 is 0 Å². The van der Waals surface area contributed by atoms with Gasteiger partial charge in [-0.1, -0.05) is 6.07 Å². The van der Waals surface area contributed by atoms with Gasteiger partial charge in [-0.25, -0.2) is 0 Å². The van der Waals surface area contributed by atoms with Gasteiger partial charge in [0.2, 0.25) is 0 Å². The maximum absolute atomic E-state index is 4.25. The second-order valence-corrected chi connectivity index (χ2v) is 5.64. The van der Waals surface area contributed by atoms with Gasteiger partial charge in [0.15, 0.2) is 0 Å². The average molecular weight is 245 g/mol. The van der Waals surface area contributed by atoms with Crippen LogP contribution in [0.2, 0.25) is 0 Å². The molecule has 98 valence electrons. The first kappa shape index (κ1) is 12.1. The van der Waals surface area contributed by atoms with Crippen LogP contribution in [-0.4, -0.2) is 47.0 Å². The maximum atomic E-state index is 4.25. The molecule has 2 unspecified atom stereocenters. The molecule has 2 aliphatic heterocycles. The lowest BCUT2D eigenvalue weighted by Gasteiger charge is -2.30. The van der Waals surface area contributed by atoms with Crippen LogP contribution in [0.5, 0.6) is 0 Å². The van der Waals surface area contributed by atoms with E-state index in [9.17, 15) is 0 Å². The molecule has 0 spiro atoms. The SMILES string of the molecule is CC(c1cccnc1)N1CCCN2CCCC2C1. The third kappa shape index (κ3) is 2.43. The predicted octanol–water partition coefficient (Wildman–Crippen LogP) is 2.31. The molecule has 2 fully saturated rings. The van der Waals surface area contributed by atoms with Crippen LogP contribution in [0.15, 0.2) is 24.5 Å². The second-order valence-electron chi connectivity index (χ2n) is 5.64. The number of hydrogen-bond donors (Lipinski definition) is 0. The normalized spacial score (nSPS) is 27.7. The summed E-state index contributed by atoms with van der Waals surface area (Å²) in [6.07, 6.45) is 7.95. The smallest absolute Gasteiger partial charge is 0.0335 e. The van der Waals surface area contributed by atoms with Gasteiger partial charge in [-0.15, -0.1) is 0 Å². The summed E-state index contributed by atoms with van der Waals surface area (Å²) >= 11 is 0. The summed E-state index contributed by atoms with van der Waals surface area (Å²) in [5.74, 6) is 0. The zero-order chi connectivity index (χ0) is 12.4. The van der Waals surface area contributed by atoms with Crippen molar-refractivity contribution in [3.05, 3.63) is 30.1 Å². The zero-order valence-corrected chi connectivity index (χ0v) is 11.3. The number of pyridine rings is 1. The number of nitrogens with zero attached hydrogens (tertiary/aromatic N) is 3. The summed E-state index contributed by atoms with van der Waals surface area (Å²) in [6.45, 7) is 7.39. The highest BCUT2D eigenvalue weighted by molar-refractivity contribution is 5.13. The molecule has 3 rings (SSSR count). The minimum absolute atomic E-state index is 0.499. The lowest BCUT2D eigenvalue weighted by Crippen LogP contribution is -2.37. The largest absolute Gasteiger partial charge is 0.299 e. The quantitative estimate of drug-likeness (QED) is 0.797. The molecule has 0 amide bonds. The van der Waals surface area contributed by atoms with Gasteiger partial charge >= 0.3 is 0 Å². The van der Waals surface area contributed by atoms with Gasteiger partial charge in [0.1, 0.15) is 0 Å². The van der Waals surface area contributed by atoms with Crippen molar-refractivity contribution < 1.29 is 0 Å². The number of aromatic nitrogens is 1. The molecule has 0 saturated carbocycles. The Hall–Kier alpha value is -0.930. The van der Waals surface area contributed by atoms with Crippen LogP contribution >= 0.6 is 0 Å². The first-order chi connectivity index (χ1) is 8.84. The van der Waals surface area contributed by atoms with E-state index in [2.05, 4.69) is 27.8 Å². The fourth-order valence-corrected chi connectivity index (χ4v) is 3.42. The van der Waals surface area contributed by atoms with Crippen LogP contribution in [0.4, 0.5) is 0 Å². The highest BCUT2D eigenvalue weighted by Gasteiger charge is 2.30. The summed E-state index contributed by atoms with van der Waals surface area (Å²) < 4.78 is 0. The molecule has 2 atom stereocenters. The van der Waals surface area contributed by atoms with E-state index < -0.39 is 0 Å². The molecule has 1 aromatic rings. The van der Waals surface area contributed by atoms with Crippen LogP contribution in [0.3, 0.4) is 0 Å². The summed E-state index contributed by atoms with van der Waals surface area (Å²) in [6, 6.07) is 5.55. The van der Waals surface area contributed by atoms with Gasteiger partial charge in [0.05, 0.1) is 0 Å². The molecule has 1 aromatic heterocycles. The average Bonchev–Trinajstić information content (AvgIpc) is 2.76. The zero-order valence-electron chi connectivity index (χ0n) is 11.3. The van der Waals surface area contributed by atoms with Crippen LogP contribution in [-0.2, 0) is 0 Å². The molecule has 3 heterocycles. The Morgan fingerprint density at radius 3 is 3.00 bits per heavy atom. The van der Waals surface area contributed by atoms with Crippen molar-refractivity contribution in [1.82, 2.24) is 14.8 Å². The fraction of sp³-hybridized carbons (Fsp3) is 0.667. The Balaban J connectivity index is 1.71. The summed E-state index contributed by atoms with van der Waals surface area (Å²) in [4.78, 5) is 9.59. The van der Waals surface area contributed by atoms with Gasteiger partial charge in [-0.2, -0.15) is 0 Å². The monoisotopic (exact) mass is 245 g/mol. The van der Waals surface area contributed by atoms with Gasteiger partial charge in [0.25, 0.3) is 0 Å². The highest BCUT2D eigenvalue weighted by atomic mass is 15.3. The molecule has 0 aliphatic carbocycles. The van der Waals surface area contributed by atoms with Gasteiger partial charge in [-0.05, 0) is 50.9 Å². The molecule has 3 nitrogen and oxygen atoms in total. The maximum Gasteiger partial charge on any atom is 0.0335 e. The predicted molar refractivity (Wildman–Crippen MR) is 73.4 cm³/mol. The lowest BCUT2D eigenvalue weighted by atomic mass is 10.1. The van der Waals surface area contributed by atoms with Crippen LogP contribution < -0.4 is 0 Å². The molecule has 2 aliphatic rings. The first-order valence-electron chi connectivity index (χ1n) is 7.22. The molecule has 0 aromatic carbocycles. The summed E-state index contributed by atoms with van der Waals surface area (Å²) in [5.41, 5.74) is 1.35. The van der Waals surface area contributed by atoms with E-state index in [0.29, 0.717) is 6.04 Å². The van der Waals surface area contributed by atoms with Crippen molar-refractivity contribution in [1.29, 1.82) is 0 Å². The van der Waals surface area contributed by atoms with E-state index in [4.69, 9.17) is 0 Å². The fourth-order valence-electron chi connectivity index (χ4n) is 3.42. The summed E-state index contributed by atoms with van der Waals surface area (Å²) in [7, 11) is 0. The molecular formula is C15H23N3. The van der Waals surface area contributed by atoms with E-state index in [0.717, 1.165) is 6.04 Å². The van der Waals surface area contributed by atoms with Crippen molar-refractivity contribution >= 4 is 0 Å². The minimum atomic E-state index is 0.499. The van der Waals surface area contributed by atoms with Gasteiger partial charge in [0, 0.05) is 37.6 Å². The Bertz CT molecular complexity index is 379. The lowest BCUT2D eigenvalue weighted by molar-refractivity contribution is 0.182. The third-order valence-electron chi connectivity index (χ3n) is 4.55. The standard InChI is InChI=1S/C15H23N3/c1-13(14-5-2-7-16-11-14)18-10-4-9-17-8-3-6-15(17)12-18/h2,5,7,11,13,15H,3-4,6,8-10,12H2,1H3. The van der Waals surface area contributed by atoms with Gasteiger partial charge < -0.3 is 0 Å². The summed E-state index contributed by atoms with van der Waals surface area (Å²) in [5, 5.41) is 0. The molecule has 0 radical (unpaired) electrons. The van der Waals surface area contributed by atoms with E-state index in [1.807, 2.05) is 18.5 Å². The Labute approximate surface area is 110 Å². The molecule has 2 saturated heterocycles. The van der Waals surface area contributed by atoms with E-state index in [1.54, 1.807) is 0 Å². The van der Waals surface area contributed by atoms with Crippen LogP contribution in [0.25, 0.3) is 0 Å². The Morgan fingerprint density at radius 1 is 1.28 bits per heavy atom. The number of rotatable bonds is 2. The van der Waals surface area contributed by atoms with Crippen LogP contribution in [0.1, 0.15) is 37.8 Å². The molecule has 18 heavy (non-hydrogen) atoms. The first-order valence-corrected chi connectivity index (χ1v) is 7.22. The molecule has 0 N–H and O–H groups in total. The Morgan fingerprint density at radius 2 is 2.17 bits per heavy atom. The van der Waals surface area contributed by atoms with E-state index in [-0.39, 0.29) is 0 Å². The van der Waals surface area contributed by atoms with Crippen molar-refractivity contribution in [3.8, 4) is 0 Å². The molecular weight excluding hydrogens is 222 g/mol.